The van der Waals surface area contributed by atoms with Gasteiger partial charge in [-0.15, -0.1) is 0 Å². The van der Waals surface area contributed by atoms with Gasteiger partial charge in [0.15, 0.2) is 17.2 Å². The van der Waals surface area contributed by atoms with E-state index >= 15 is 0 Å². The summed E-state index contributed by atoms with van der Waals surface area (Å²) in [6.45, 7) is 5.21. The maximum Gasteiger partial charge on any atom is 0.272 e. The van der Waals surface area contributed by atoms with Gasteiger partial charge in [0.25, 0.3) is 5.91 Å². The van der Waals surface area contributed by atoms with Crippen LogP contribution in [0.4, 0.5) is 23.1 Å². The van der Waals surface area contributed by atoms with E-state index in [0.717, 1.165) is 63.0 Å². The van der Waals surface area contributed by atoms with Crippen molar-refractivity contribution in [1.29, 1.82) is 0 Å². The van der Waals surface area contributed by atoms with E-state index in [1.165, 1.54) is 0 Å². The van der Waals surface area contributed by atoms with Crippen LogP contribution in [0.1, 0.15) is 52.4 Å². The van der Waals surface area contributed by atoms with Crippen LogP contribution in [0, 0.1) is 0 Å². The largest absolute Gasteiger partial charge is 0.494 e. The number of piperidine rings is 1. The summed E-state index contributed by atoms with van der Waals surface area (Å²) in [5, 5.41) is 13.0. The molecule has 3 aliphatic rings. The number of aliphatic hydroxyl groups is 1. The third-order valence-electron chi connectivity index (χ3n) is 7.01. The average Bonchev–Trinajstić information content (AvgIpc) is 3.35. The zero-order chi connectivity index (χ0) is 23.9. The lowest BCUT2D eigenvalue weighted by atomic mass is 10.0. The van der Waals surface area contributed by atoms with Gasteiger partial charge in [-0.3, -0.25) is 9.69 Å². The molecule has 1 aliphatic carbocycles. The van der Waals surface area contributed by atoms with Crippen LogP contribution in [0.25, 0.3) is 0 Å². The highest BCUT2D eigenvalue weighted by molar-refractivity contribution is 6.02. The normalized spacial score (nSPS) is 20.8. The highest BCUT2D eigenvalue weighted by Gasteiger charge is 2.45. The topological polar surface area (TPSA) is 100 Å². The van der Waals surface area contributed by atoms with Crippen molar-refractivity contribution in [3.8, 4) is 11.5 Å². The highest BCUT2D eigenvalue weighted by Crippen LogP contribution is 2.41. The molecule has 34 heavy (non-hydrogen) atoms. The van der Waals surface area contributed by atoms with E-state index in [2.05, 4.69) is 15.2 Å². The van der Waals surface area contributed by atoms with Gasteiger partial charge in [-0.1, -0.05) is 12.8 Å². The van der Waals surface area contributed by atoms with Crippen molar-refractivity contribution in [2.75, 3.05) is 35.3 Å². The van der Waals surface area contributed by atoms with Gasteiger partial charge < -0.3 is 24.8 Å². The molecular weight excluding hydrogens is 434 g/mol. The molecule has 0 unspecified atom stereocenters. The van der Waals surface area contributed by atoms with Gasteiger partial charge in [-0.25, -0.2) is 4.98 Å². The number of aliphatic hydroxyl groups excluding tert-OH is 1. The number of nitrogens with one attached hydrogen (secondary N) is 1. The van der Waals surface area contributed by atoms with Crippen LogP contribution < -0.4 is 24.6 Å². The number of benzene rings is 1. The summed E-state index contributed by atoms with van der Waals surface area (Å²) in [4.78, 5) is 26.5. The van der Waals surface area contributed by atoms with Gasteiger partial charge in [0.2, 0.25) is 5.95 Å². The number of aromatic nitrogens is 2. The SMILES string of the molecule is COc1cc(N2CCC(O)CC2)ccc1Nc1ncc2c(n1)N(C1CCCC1)C(=O)C(C)(C)O2. The van der Waals surface area contributed by atoms with E-state index in [-0.39, 0.29) is 18.1 Å². The fourth-order valence-electron chi connectivity index (χ4n) is 5.10. The molecule has 2 fully saturated rings. The van der Waals surface area contributed by atoms with Gasteiger partial charge in [-0.2, -0.15) is 4.98 Å². The molecule has 9 nitrogen and oxygen atoms in total. The van der Waals surface area contributed by atoms with Gasteiger partial charge in [0.1, 0.15) is 5.75 Å². The molecule has 9 heteroatoms. The van der Waals surface area contributed by atoms with Gasteiger partial charge in [0, 0.05) is 30.9 Å². The van der Waals surface area contributed by atoms with Crippen LogP contribution in [0.2, 0.25) is 0 Å². The first-order chi connectivity index (χ1) is 16.4. The minimum Gasteiger partial charge on any atom is -0.494 e. The molecule has 1 aromatic heterocycles. The summed E-state index contributed by atoms with van der Waals surface area (Å²) < 4.78 is 11.6. The van der Waals surface area contributed by atoms with Crippen LogP contribution in [0.5, 0.6) is 11.5 Å². The van der Waals surface area contributed by atoms with E-state index in [9.17, 15) is 9.90 Å². The van der Waals surface area contributed by atoms with Crippen molar-refractivity contribution in [2.45, 2.75) is 70.1 Å². The number of ether oxygens (including phenoxy) is 2. The molecule has 2 aliphatic heterocycles. The number of methoxy groups -OCH3 is 1. The number of fused-ring (bicyclic) bond motifs is 1. The molecule has 1 saturated carbocycles. The molecule has 0 spiro atoms. The summed E-state index contributed by atoms with van der Waals surface area (Å²) in [5.74, 6) is 2.04. The van der Waals surface area contributed by atoms with Crippen LogP contribution in [-0.4, -0.2) is 58.9 Å². The average molecular weight is 468 g/mol. The molecule has 1 amide bonds. The van der Waals surface area contributed by atoms with Crippen molar-refractivity contribution in [2.24, 2.45) is 0 Å². The Morgan fingerprint density at radius 2 is 1.91 bits per heavy atom. The lowest BCUT2D eigenvalue weighted by molar-refractivity contribution is -0.133. The third-order valence-corrected chi connectivity index (χ3v) is 7.01. The second-order valence-corrected chi connectivity index (χ2v) is 9.84. The Labute approximate surface area is 200 Å². The van der Waals surface area contributed by atoms with Crippen LogP contribution in [0.15, 0.2) is 24.4 Å². The van der Waals surface area contributed by atoms with Gasteiger partial charge in [-0.05, 0) is 51.7 Å². The fraction of sp³-hybridized carbons (Fsp3) is 0.560. The monoisotopic (exact) mass is 467 g/mol. The maximum absolute atomic E-state index is 13.3. The zero-order valence-electron chi connectivity index (χ0n) is 20.1. The first-order valence-electron chi connectivity index (χ1n) is 12.1. The summed E-state index contributed by atoms with van der Waals surface area (Å²) in [6, 6.07) is 6.09. The number of hydrogen-bond acceptors (Lipinski definition) is 8. The maximum atomic E-state index is 13.3. The first kappa shape index (κ1) is 22.7. The van der Waals surface area contributed by atoms with Crippen molar-refractivity contribution in [1.82, 2.24) is 9.97 Å². The number of carbonyl (C=O) groups excluding carboxylic acids is 1. The molecule has 2 aromatic rings. The number of nitrogens with zero attached hydrogens (tertiary/aromatic N) is 4. The smallest absolute Gasteiger partial charge is 0.272 e. The molecular formula is C25H33N5O4. The Hall–Kier alpha value is -3.07. The second-order valence-electron chi connectivity index (χ2n) is 9.84. The molecule has 0 atom stereocenters. The minimum absolute atomic E-state index is 0.0647. The number of anilines is 4. The zero-order valence-corrected chi connectivity index (χ0v) is 20.1. The van der Waals surface area contributed by atoms with Crippen molar-refractivity contribution >= 4 is 29.0 Å². The summed E-state index contributed by atoms with van der Waals surface area (Å²) in [5.41, 5.74) is 0.839. The predicted molar refractivity (Wildman–Crippen MR) is 130 cm³/mol. The number of rotatable bonds is 5. The van der Waals surface area contributed by atoms with Crippen molar-refractivity contribution in [3.63, 3.8) is 0 Å². The number of carbonyl (C=O) groups is 1. The summed E-state index contributed by atoms with van der Waals surface area (Å²) in [6.07, 6.45) is 7.11. The van der Waals surface area contributed by atoms with Gasteiger partial charge >= 0.3 is 0 Å². The van der Waals surface area contributed by atoms with E-state index in [0.29, 0.717) is 23.3 Å². The lowest BCUT2D eigenvalue weighted by Gasteiger charge is -2.40. The molecule has 3 heterocycles. The molecule has 5 rings (SSSR count). The number of hydrogen-bond donors (Lipinski definition) is 2. The highest BCUT2D eigenvalue weighted by atomic mass is 16.5. The third kappa shape index (κ3) is 4.24. The predicted octanol–water partition coefficient (Wildman–Crippen LogP) is 3.64. The molecule has 182 valence electrons. The Morgan fingerprint density at radius 1 is 1.18 bits per heavy atom. The summed E-state index contributed by atoms with van der Waals surface area (Å²) >= 11 is 0. The van der Waals surface area contributed by atoms with Crippen LogP contribution >= 0.6 is 0 Å². The first-order valence-corrected chi connectivity index (χ1v) is 12.1. The molecule has 1 saturated heterocycles. The van der Waals surface area contributed by atoms with Crippen molar-refractivity contribution in [3.05, 3.63) is 24.4 Å². The second kappa shape index (κ2) is 8.94. The van der Waals surface area contributed by atoms with Crippen LogP contribution in [0.3, 0.4) is 0 Å². The standard InChI is InChI=1S/C25H33N5O4/c1-25(2)23(32)30(16-6-4-5-7-16)22-21(34-25)15-26-24(28-22)27-19-9-8-17(14-20(19)33-3)29-12-10-18(31)11-13-29/h8-9,14-16,18,31H,4-7,10-13H2,1-3H3,(H,26,27,28). The van der Waals surface area contributed by atoms with Gasteiger partial charge in [0.05, 0.1) is 25.1 Å². The molecule has 1 aromatic carbocycles. The fourth-order valence-corrected chi connectivity index (χ4v) is 5.10. The summed E-state index contributed by atoms with van der Waals surface area (Å²) in [7, 11) is 1.63. The molecule has 0 radical (unpaired) electrons. The van der Waals surface area contributed by atoms with E-state index in [1.54, 1.807) is 27.2 Å². The quantitative estimate of drug-likeness (QED) is 0.688. The molecule has 2 N–H and O–H groups in total. The van der Waals surface area contributed by atoms with Crippen molar-refractivity contribution < 1.29 is 19.4 Å². The Bertz CT molecular complexity index is 1060. The van der Waals surface area contributed by atoms with E-state index in [4.69, 9.17) is 14.5 Å². The Kier molecular flexibility index (Phi) is 5.97. The Balaban J connectivity index is 1.42. The van der Waals surface area contributed by atoms with E-state index in [1.807, 2.05) is 23.1 Å². The number of amides is 1. The Morgan fingerprint density at radius 3 is 2.62 bits per heavy atom. The minimum atomic E-state index is -0.947. The lowest BCUT2D eigenvalue weighted by Crippen LogP contribution is -2.55. The van der Waals surface area contributed by atoms with Crippen LogP contribution in [-0.2, 0) is 4.79 Å². The molecule has 0 bridgehead atoms. The van der Waals surface area contributed by atoms with E-state index < -0.39 is 5.60 Å².